The highest BCUT2D eigenvalue weighted by molar-refractivity contribution is 7.81. The van der Waals surface area contributed by atoms with Gasteiger partial charge in [0.1, 0.15) is 17.7 Å². The van der Waals surface area contributed by atoms with Gasteiger partial charge in [-0.25, -0.2) is 9.97 Å². The molecule has 0 saturated carbocycles. The molecule has 1 N–H and O–H groups in total. The number of alkyl halides is 3. The summed E-state index contributed by atoms with van der Waals surface area (Å²) >= 11 is 5.56. The number of thiocarbonyl (C=S) groups is 1. The van der Waals surface area contributed by atoms with Crippen LogP contribution in [0.5, 0.6) is 0 Å². The third kappa shape index (κ3) is 3.52. The summed E-state index contributed by atoms with van der Waals surface area (Å²) in [4.78, 5) is 24.4. The molecule has 7 nitrogen and oxygen atoms in total. The van der Waals surface area contributed by atoms with Crippen LogP contribution in [-0.4, -0.2) is 33.6 Å². The molecule has 1 saturated heterocycles. The van der Waals surface area contributed by atoms with E-state index in [0.29, 0.717) is 17.0 Å². The molecule has 1 fully saturated rings. The number of aromatic nitrogens is 2. The van der Waals surface area contributed by atoms with Crippen LogP contribution in [0.3, 0.4) is 0 Å². The maximum atomic E-state index is 13.5. The maximum absolute atomic E-state index is 13.5. The lowest BCUT2D eigenvalue weighted by Gasteiger charge is -2.29. The predicted octanol–water partition coefficient (Wildman–Crippen LogP) is 4.48. The predicted molar refractivity (Wildman–Crippen MR) is 122 cm³/mol. The zero-order chi connectivity index (χ0) is 24.1. The minimum atomic E-state index is -4.76. The number of carbonyl (C=O) groups is 1. The summed E-state index contributed by atoms with van der Waals surface area (Å²) in [5.74, 6) is 0.133. The lowest BCUT2D eigenvalue weighted by molar-refractivity contribution is -0.137. The molecule has 0 aliphatic carbocycles. The molecule has 0 bridgehead atoms. The van der Waals surface area contributed by atoms with Crippen molar-refractivity contribution >= 4 is 51.3 Å². The zero-order valence-electron chi connectivity index (χ0n) is 17.7. The van der Waals surface area contributed by atoms with E-state index in [1.54, 1.807) is 44.0 Å². The van der Waals surface area contributed by atoms with Crippen molar-refractivity contribution in [2.75, 3.05) is 22.2 Å². The van der Waals surface area contributed by atoms with Gasteiger partial charge in [0.05, 0.1) is 28.4 Å². The number of amides is 1. The molecule has 3 aromatic rings. The Morgan fingerprint density at radius 2 is 1.82 bits per heavy atom. The standard InChI is InChI=1S/C22H17F3N6OS/c1-21(2)19(32)30(13-5-4-12(10-26)16(8-13)22(23,24)25)20(33)31(21)14-6-7-15-17(9-14)28-11-29-18(15)27-3/h4-9,11H,1-3H3,(H,27,28,29). The van der Waals surface area contributed by atoms with Gasteiger partial charge in [0.2, 0.25) is 0 Å². The number of hydrogen-bond acceptors (Lipinski definition) is 6. The number of nitrogens with zero attached hydrogens (tertiary/aromatic N) is 5. The number of benzene rings is 2. The van der Waals surface area contributed by atoms with E-state index >= 15 is 0 Å². The first-order valence-electron chi connectivity index (χ1n) is 9.73. The second-order valence-electron chi connectivity index (χ2n) is 7.83. The van der Waals surface area contributed by atoms with E-state index in [4.69, 9.17) is 17.5 Å². The Morgan fingerprint density at radius 1 is 1.12 bits per heavy atom. The molecule has 11 heteroatoms. The molecule has 1 aliphatic rings. The highest BCUT2D eigenvalue weighted by Gasteiger charge is 2.50. The van der Waals surface area contributed by atoms with E-state index in [9.17, 15) is 18.0 Å². The number of carbonyl (C=O) groups excluding carboxylic acids is 1. The summed E-state index contributed by atoms with van der Waals surface area (Å²) < 4.78 is 40.5. The summed E-state index contributed by atoms with van der Waals surface area (Å²) in [5.41, 5.74) is -1.75. The van der Waals surface area contributed by atoms with Gasteiger partial charge in [-0.2, -0.15) is 18.4 Å². The van der Waals surface area contributed by atoms with E-state index in [-0.39, 0.29) is 10.8 Å². The maximum Gasteiger partial charge on any atom is 0.417 e. The van der Waals surface area contributed by atoms with Crippen LogP contribution in [0.4, 0.5) is 30.4 Å². The molecule has 1 amide bonds. The number of halogens is 3. The Morgan fingerprint density at radius 3 is 2.45 bits per heavy atom. The van der Waals surface area contributed by atoms with Crippen molar-refractivity contribution in [3.8, 4) is 6.07 Å². The van der Waals surface area contributed by atoms with Crippen LogP contribution >= 0.6 is 12.2 Å². The zero-order valence-corrected chi connectivity index (χ0v) is 18.5. The summed E-state index contributed by atoms with van der Waals surface area (Å²) in [6, 6.07) is 9.90. The monoisotopic (exact) mass is 470 g/mol. The van der Waals surface area contributed by atoms with E-state index in [0.717, 1.165) is 22.4 Å². The second-order valence-corrected chi connectivity index (χ2v) is 8.20. The largest absolute Gasteiger partial charge is 0.417 e. The first-order chi connectivity index (χ1) is 15.5. The fourth-order valence-electron chi connectivity index (χ4n) is 3.84. The quantitative estimate of drug-likeness (QED) is 0.565. The average Bonchev–Trinajstić information content (AvgIpc) is 2.95. The third-order valence-corrected chi connectivity index (χ3v) is 5.84. The minimum absolute atomic E-state index is 0.0186. The number of rotatable bonds is 3. The van der Waals surface area contributed by atoms with E-state index in [2.05, 4.69) is 15.3 Å². The van der Waals surface area contributed by atoms with Crippen molar-refractivity contribution in [3.05, 3.63) is 53.9 Å². The van der Waals surface area contributed by atoms with E-state index in [1.165, 1.54) is 18.5 Å². The van der Waals surface area contributed by atoms with Crippen LogP contribution in [0.25, 0.3) is 10.9 Å². The van der Waals surface area contributed by atoms with Crippen LogP contribution in [0, 0.1) is 11.3 Å². The summed E-state index contributed by atoms with van der Waals surface area (Å²) in [6.07, 6.45) is -3.36. The first-order valence-corrected chi connectivity index (χ1v) is 10.1. The van der Waals surface area contributed by atoms with Gasteiger partial charge in [-0.1, -0.05) is 0 Å². The van der Waals surface area contributed by atoms with Crippen LogP contribution in [0.2, 0.25) is 0 Å². The molecule has 0 atom stereocenters. The Kier molecular flexibility index (Phi) is 5.21. The molecule has 4 rings (SSSR count). The lowest BCUT2D eigenvalue weighted by Crippen LogP contribution is -2.44. The summed E-state index contributed by atoms with van der Waals surface area (Å²) in [7, 11) is 1.73. The Hall–Kier alpha value is -3.78. The molecule has 2 heterocycles. The van der Waals surface area contributed by atoms with Gasteiger partial charge in [0.15, 0.2) is 5.11 Å². The highest BCUT2D eigenvalue weighted by Crippen LogP contribution is 2.40. The summed E-state index contributed by atoms with van der Waals surface area (Å²) in [6.45, 7) is 3.28. The number of fused-ring (bicyclic) bond motifs is 1. The van der Waals surface area contributed by atoms with Gasteiger partial charge in [0.25, 0.3) is 5.91 Å². The van der Waals surface area contributed by atoms with Crippen molar-refractivity contribution < 1.29 is 18.0 Å². The number of hydrogen-bond donors (Lipinski definition) is 1. The molecule has 1 aliphatic heterocycles. The Balaban J connectivity index is 1.82. The minimum Gasteiger partial charge on any atom is -0.373 e. The van der Waals surface area contributed by atoms with Crippen molar-refractivity contribution in [1.82, 2.24) is 9.97 Å². The van der Waals surface area contributed by atoms with E-state index < -0.39 is 28.7 Å². The number of anilines is 3. The molecule has 33 heavy (non-hydrogen) atoms. The van der Waals surface area contributed by atoms with Gasteiger partial charge in [-0.3, -0.25) is 9.69 Å². The second kappa shape index (κ2) is 7.67. The van der Waals surface area contributed by atoms with E-state index in [1.807, 2.05) is 0 Å². The molecule has 0 unspecified atom stereocenters. The smallest absolute Gasteiger partial charge is 0.373 e. The first kappa shape index (κ1) is 22.4. The number of nitrogens with one attached hydrogen (secondary N) is 1. The Bertz CT molecular complexity index is 1350. The van der Waals surface area contributed by atoms with Crippen molar-refractivity contribution in [3.63, 3.8) is 0 Å². The van der Waals surface area contributed by atoms with Crippen LogP contribution in [-0.2, 0) is 11.0 Å². The molecule has 1 aromatic heterocycles. The van der Waals surface area contributed by atoms with Gasteiger partial charge in [-0.15, -0.1) is 0 Å². The summed E-state index contributed by atoms with van der Waals surface area (Å²) in [5, 5.41) is 12.8. The average molecular weight is 470 g/mol. The fourth-order valence-corrected chi connectivity index (χ4v) is 4.37. The van der Waals surface area contributed by atoms with Crippen molar-refractivity contribution in [1.29, 1.82) is 5.26 Å². The molecule has 168 valence electrons. The molecule has 0 spiro atoms. The molecular formula is C22H17F3N6OS. The van der Waals surface area contributed by atoms with Crippen LogP contribution in [0.15, 0.2) is 42.7 Å². The van der Waals surface area contributed by atoms with Gasteiger partial charge in [-0.05, 0) is 62.5 Å². The Labute approximate surface area is 192 Å². The third-order valence-electron chi connectivity index (χ3n) is 5.47. The van der Waals surface area contributed by atoms with Crippen molar-refractivity contribution in [2.24, 2.45) is 0 Å². The topological polar surface area (TPSA) is 85.2 Å². The molecular weight excluding hydrogens is 453 g/mol. The molecule has 0 radical (unpaired) electrons. The SMILES string of the molecule is CNc1ncnc2cc(N3C(=S)N(c4ccc(C#N)c(C(F)(F)F)c4)C(=O)C3(C)C)ccc12. The van der Waals surface area contributed by atoms with Gasteiger partial charge < -0.3 is 10.2 Å². The molecule has 2 aromatic carbocycles. The van der Waals surface area contributed by atoms with Gasteiger partial charge >= 0.3 is 6.18 Å². The fraction of sp³-hybridized carbons (Fsp3) is 0.227. The van der Waals surface area contributed by atoms with Crippen molar-refractivity contribution in [2.45, 2.75) is 25.6 Å². The normalized spacial score (nSPS) is 15.8. The highest BCUT2D eigenvalue weighted by atomic mass is 32.1. The van der Waals surface area contributed by atoms with Crippen LogP contribution in [0.1, 0.15) is 25.0 Å². The van der Waals surface area contributed by atoms with Gasteiger partial charge in [0, 0.05) is 18.1 Å². The lowest BCUT2D eigenvalue weighted by atomic mass is 10.0. The van der Waals surface area contributed by atoms with Crippen LogP contribution < -0.4 is 15.1 Å². The number of nitriles is 1.